The van der Waals surface area contributed by atoms with E-state index in [0.717, 1.165) is 28.2 Å². The van der Waals surface area contributed by atoms with Crippen LogP contribution >= 0.6 is 0 Å². The van der Waals surface area contributed by atoms with Crippen LogP contribution in [0.5, 0.6) is 0 Å². The van der Waals surface area contributed by atoms with E-state index in [1.54, 1.807) is 0 Å². The van der Waals surface area contributed by atoms with Crippen LogP contribution in [-0.2, 0) is 0 Å². The third-order valence-corrected chi connectivity index (χ3v) is 11.7. The fraction of sp³-hybridized carbons (Fsp3) is 0. The summed E-state index contributed by atoms with van der Waals surface area (Å²) in [4.78, 5) is 7.84. The zero-order valence-electron chi connectivity index (χ0n) is 28.5. The molecular weight excluding hydrogens is 645 g/mol. The van der Waals surface area contributed by atoms with Crippen molar-refractivity contribution < 1.29 is 0 Å². The summed E-state index contributed by atoms with van der Waals surface area (Å²) in [5, 5.41) is 15.0. The van der Waals surface area contributed by atoms with Crippen molar-refractivity contribution in [2.75, 3.05) is 4.90 Å². The SMILES string of the molecule is c1ccc(N(c2ccccc2)c2cccc3c4cccc5c6c7c8c9ccccc9cc9c%10cc%11ccccc%11cc%10n(c7ncc6n(c23)c45)c98)cc1. The first-order valence-electron chi connectivity index (χ1n) is 18.2. The van der Waals surface area contributed by atoms with Crippen molar-refractivity contribution in [1.29, 1.82) is 0 Å². The Bertz CT molecular complexity index is 3580. The fourth-order valence-corrected chi connectivity index (χ4v) is 9.64. The summed E-state index contributed by atoms with van der Waals surface area (Å²) < 4.78 is 4.94. The van der Waals surface area contributed by atoms with E-state index in [0.29, 0.717) is 0 Å². The number of benzene rings is 8. The summed E-state index contributed by atoms with van der Waals surface area (Å²) in [5.74, 6) is 0. The van der Waals surface area contributed by atoms with Gasteiger partial charge in [-0.3, -0.25) is 4.40 Å². The Morgan fingerprint density at radius 3 is 1.75 bits per heavy atom. The van der Waals surface area contributed by atoms with E-state index in [1.807, 2.05) is 0 Å². The molecule has 5 heterocycles. The summed E-state index contributed by atoms with van der Waals surface area (Å²) in [7, 11) is 0. The van der Waals surface area contributed by atoms with E-state index < -0.39 is 0 Å². The monoisotopic (exact) mass is 672 g/mol. The first-order chi connectivity index (χ1) is 26.3. The van der Waals surface area contributed by atoms with Crippen LogP contribution in [0.2, 0.25) is 0 Å². The molecule has 4 nitrogen and oxygen atoms in total. The molecule has 0 saturated heterocycles. The molecule has 13 rings (SSSR count). The van der Waals surface area contributed by atoms with E-state index in [1.165, 1.54) is 86.7 Å². The number of rotatable bonds is 3. The van der Waals surface area contributed by atoms with Crippen molar-refractivity contribution in [1.82, 2.24) is 13.8 Å². The first kappa shape index (κ1) is 27.5. The maximum atomic E-state index is 5.46. The Hall–Kier alpha value is -7.17. The van der Waals surface area contributed by atoms with Gasteiger partial charge in [-0.05, 0) is 70.1 Å². The van der Waals surface area contributed by atoms with Crippen molar-refractivity contribution in [3.05, 3.63) is 170 Å². The Labute approximate surface area is 302 Å². The lowest BCUT2D eigenvalue weighted by Gasteiger charge is -2.26. The smallest absolute Gasteiger partial charge is 0.146 e. The molecule has 0 N–H and O–H groups in total. The minimum absolute atomic E-state index is 1.01. The van der Waals surface area contributed by atoms with Crippen molar-refractivity contribution in [3.63, 3.8) is 0 Å². The number of para-hydroxylation sites is 4. The number of anilines is 3. The van der Waals surface area contributed by atoms with Gasteiger partial charge in [0, 0.05) is 54.5 Å². The maximum Gasteiger partial charge on any atom is 0.146 e. The van der Waals surface area contributed by atoms with E-state index in [9.17, 15) is 0 Å². The molecule has 0 bridgehead atoms. The molecule has 4 heteroatoms. The molecule has 0 fully saturated rings. The van der Waals surface area contributed by atoms with Gasteiger partial charge < -0.3 is 9.30 Å². The highest BCUT2D eigenvalue weighted by Gasteiger charge is 2.28. The summed E-state index contributed by atoms with van der Waals surface area (Å²) in [6, 6.07) is 59.7. The van der Waals surface area contributed by atoms with Crippen molar-refractivity contribution >= 4 is 115 Å². The Kier molecular flexibility index (Phi) is 5.08. The van der Waals surface area contributed by atoms with Crippen LogP contribution in [0.1, 0.15) is 0 Å². The van der Waals surface area contributed by atoms with Gasteiger partial charge in [0.05, 0.1) is 39.5 Å². The second kappa shape index (κ2) is 9.78. The highest BCUT2D eigenvalue weighted by atomic mass is 15.2. The van der Waals surface area contributed by atoms with Gasteiger partial charge in [-0.1, -0.05) is 115 Å². The van der Waals surface area contributed by atoms with E-state index in [2.05, 4.69) is 184 Å². The summed E-state index contributed by atoms with van der Waals surface area (Å²) >= 11 is 0. The van der Waals surface area contributed by atoms with Gasteiger partial charge in [-0.2, -0.15) is 0 Å². The second-order valence-corrected chi connectivity index (χ2v) is 14.4. The Morgan fingerprint density at radius 1 is 0.377 bits per heavy atom. The van der Waals surface area contributed by atoms with Gasteiger partial charge in [-0.25, -0.2) is 4.98 Å². The van der Waals surface area contributed by atoms with E-state index >= 15 is 0 Å². The standard InChI is InChI=1S/C49H28N4/c1-3-16-32(17-4-1)51(33-18-5-2-6-19-33)40-24-12-22-36-35-21-11-23-37-43-42(52(46(35)37)47(36)40)28-50-49-45(43)44-34-20-10-9-15-31(34)26-39-38-25-29-13-7-8-14-30(29)27-41(38)53(49)48(39)44/h1-28H. The summed E-state index contributed by atoms with van der Waals surface area (Å²) in [5.41, 5.74) is 10.4. The molecule has 0 radical (unpaired) electrons. The second-order valence-electron chi connectivity index (χ2n) is 14.4. The highest BCUT2D eigenvalue weighted by Crippen LogP contribution is 2.50. The molecule has 0 saturated carbocycles. The quantitative estimate of drug-likeness (QED) is 0.187. The molecule has 8 aromatic carbocycles. The Balaban J connectivity index is 1.25. The van der Waals surface area contributed by atoms with Crippen LogP contribution in [0.25, 0.3) is 97.9 Å². The molecule has 0 aliphatic rings. The summed E-state index contributed by atoms with van der Waals surface area (Å²) in [6.07, 6.45) is 2.13. The zero-order valence-corrected chi connectivity index (χ0v) is 28.5. The predicted molar refractivity (Wildman–Crippen MR) is 223 cm³/mol. The molecule has 0 unspecified atom stereocenters. The van der Waals surface area contributed by atoms with E-state index in [-0.39, 0.29) is 0 Å². The minimum atomic E-state index is 1.01. The van der Waals surface area contributed by atoms with Gasteiger partial charge in [0.2, 0.25) is 0 Å². The van der Waals surface area contributed by atoms with Gasteiger partial charge in [0.15, 0.2) is 0 Å². The molecular formula is C49H28N4. The van der Waals surface area contributed by atoms with Crippen LogP contribution in [0.15, 0.2) is 170 Å². The third kappa shape index (κ3) is 3.39. The number of fused-ring (bicyclic) bond motifs is 16. The lowest BCUT2D eigenvalue weighted by molar-refractivity contribution is 1.25. The normalized spacial score (nSPS) is 12.5. The lowest BCUT2D eigenvalue weighted by atomic mass is 9.98. The number of aromatic nitrogens is 3. The molecule has 0 atom stereocenters. The molecule has 0 spiro atoms. The number of nitrogens with zero attached hydrogens (tertiary/aromatic N) is 4. The molecule has 0 amide bonds. The number of pyridine rings is 1. The molecule has 13 aromatic rings. The van der Waals surface area contributed by atoms with Crippen LogP contribution < -0.4 is 4.90 Å². The van der Waals surface area contributed by atoms with Crippen molar-refractivity contribution in [2.45, 2.75) is 0 Å². The number of hydrogen-bond acceptors (Lipinski definition) is 2. The van der Waals surface area contributed by atoms with Crippen molar-refractivity contribution in [2.24, 2.45) is 0 Å². The fourth-order valence-electron chi connectivity index (χ4n) is 9.64. The maximum absolute atomic E-state index is 5.46. The predicted octanol–water partition coefficient (Wildman–Crippen LogP) is 13.2. The van der Waals surface area contributed by atoms with E-state index in [4.69, 9.17) is 4.98 Å². The molecule has 244 valence electrons. The zero-order chi connectivity index (χ0) is 34.4. The van der Waals surface area contributed by atoms with Crippen LogP contribution in [-0.4, -0.2) is 13.8 Å². The topological polar surface area (TPSA) is 24.9 Å². The van der Waals surface area contributed by atoms with Gasteiger partial charge in [0.1, 0.15) is 5.65 Å². The summed E-state index contributed by atoms with van der Waals surface area (Å²) in [6.45, 7) is 0. The Morgan fingerprint density at radius 2 is 0.981 bits per heavy atom. The highest BCUT2D eigenvalue weighted by molar-refractivity contribution is 6.39. The molecule has 5 aromatic heterocycles. The average Bonchev–Trinajstić information content (AvgIpc) is 3.94. The largest absolute Gasteiger partial charge is 0.308 e. The first-order valence-corrected chi connectivity index (χ1v) is 18.2. The van der Waals surface area contributed by atoms with Gasteiger partial charge in [0.25, 0.3) is 0 Å². The van der Waals surface area contributed by atoms with Gasteiger partial charge >= 0.3 is 0 Å². The average molecular weight is 673 g/mol. The molecule has 0 aliphatic carbocycles. The van der Waals surface area contributed by atoms with Gasteiger partial charge in [-0.15, -0.1) is 0 Å². The third-order valence-electron chi connectivity index (χ3n) is 11.7. The van der Waals surface area contributed by atoms with Crippen LogP contribution in [0.3, 0.4) is 0 Å². The minimum Gasteiger partial charge on any atom is -0.308 e. The molecule has 0 aliphatic heterocycles. The number of hydrogen-bond donors (Lipinski definition) is 0. The molecule has 53 heavy (non-hydrogen) atoms. The lowest BCUT2D eigenvalue weighted by Crippen LogP contribution is -2.10. The van der Waals surface area contributed by atoms with Crippen molar-refractivity contribution in [3.8, 4) is 0 Å². The van der Waals surface area contributed by atoms with Crippen LogP contribution in [0.4, 0.5) is 17.1 Å². The van der Waals surface area contributed by atoms with Crippen LogP contribution in [0, 0.1) is 0 Å².